The number of benzene rings is 2. The second kappa shape index (κ2) is 11.5. The average Bonchev–Trinajstić information content (AvgIpc) is 2.76. The minimum absolute atomic E-state index is 0.0982. The molecule has 166 valence electrons. The van der Waals surface area contributed by atoms with Gasteiger partial charge in [-0.15, -0.1) is 6.42 Å². The van der Waals surface area contributed by atoms with Gasteiger partial charge in [0.25, 0.3) is 0 Å². The Balaban J connectivity index is 1.64. The van der Waals surface area contributed by atoms with Gasteiger partial charge in [0.2, 0.25) is 0 Å². The maximum absolute atomic E-state index is 10.1. The first-order valence-corrected chi connectivity index (χ1v) is 10.9. The quantitative estimate of drug-likeness (QED) is 0.453. The fourth-order valence-corrected chi connectivity index (χ4v) is 3.89. The summed E-state index contributed by atoms with van der Waals surface area (Å²) in [6.07, 6.45) is 5.61. The molecule has 0 aliphatic carbocycles. The van der Waals surface area contributed by atoms with E-state index in [1.54, 1.807) is 0 Å². The number of rotatable bonds is 9. The van der Waals surface area contributed by atoms with E-state index in [1.165, 1.54) is 0 Å². The van der Waals surface area contributed by atoms with Crippen molar-refractivity contribution in [3.8, 4) is 18.1 Å². The molecule has 1 fully saturated rings. The topological polar surface area (TPSA) is 68.2 Å². The predicted molar refractivity (Wildman–Crippen MR) is 120 cm³/mol. The Morgan fingerprint density at radius 1 is 1.23 bits per heavy atom. The first-order chi connectivity index (χ1) is 15.0. The standard InChI is InChI=1S/C25H29ClO5/c1-3-10-29-16-17(2)30-22-7-4-18(5-8-22)11-20-12-19(6-9-24(20)26)25-14-21(28)13-23(15-27)31-25/h1,4-9,12,17,21,23,25,27-28H,10-11,13-16H2,2H3. The van der Waals surface area contributed by atoms with Crippen LogP contribution in [0.1, 0.15) is 42.6 Å². The summed E-state index contributed by atoms with van der Waals surface area (Å²) in [6, 6.07) is 13.7. The van der Waals surface area contributed by atoms with Gasteiger partial charge < -0.3 is 24.4 Å². The molecular weight excluding hydrogens is 416 g/mol. The van der Waals surface area contributed by atoms with Crippen LogP contribution in [-0.4, -0.2) is 48.3 Å². The largest absolute Gasteiger partial charge is 0.488 e. The van der Waals surface area contributed by atoms with E-state index in [-0.39, 0.29) is 31.5 Å². The number of hydrogen-bond donors (Lipinski definition) is 2. The monoisotopic (exact) mass is 444 g/mol. The normalized spacial score (nSPS) is 22.0. The fraction of sp³-hybridized carbons (Fsp3) is 0.440. The summed E-state index contributed by atoms with van der Waals surface area (Å²) in [6.45, 7) is 2.54. The lowest BCUT2D eigenvalue weighted by Crippen LogP contribution is -2.33. The zero-order valence-electron chi connectivity index (χ0n) is 17.7. The van der Waals surface area contributed by atoms with Crippen molar-refractivity contribution in [2.24, 2.45) is 0 Å². The molecule has 1 aliphatic rings. The van der Waals surface area contributed by atoms with Crippen molar-refractivity contribution in [2.45, 2.75) is 50.6 Å². The van der Waals surface area contributed by atoms with Gasteiger partial charge in [-0.1, -0.05) is 41.8 Å². The van der Waals surface area contributed by atoms with E-state index in [9.17, 15) is 10.2 Å². The SMILES string of the molecule is C#CCOCC(C)Oc1ccc(Cc2cc(C3CC(O)CC(CO)O3)ccc2Cl)cc1. The third kappa shape index (κ3) is 6.96. The Morgan fingerprint density at radius 2 is 2.00 bits per heavy atom. The van der Waals surface area contributed by atoms with Crippen molar-refractivity contribution in [1.29, 1.82) is 0 Å². The molecule has 2 aromatic carbocycles. The molecule has 31 heavy (non-hydrogen) atoms. The zero-order valence-corrected chi connectivity index (χ0v) is 18.4. The third-order valence-corrected chi connectivity index (χ3v) is 5.58. The molecule has 0 aromatic heterocycles. The molecule has 2 N–H and O–H groups in total. The summed E-state index contributed by atoms with van der Waals surface area (Å²) in [5.74, 6) is 3.20. The maximum Gasteiger partial charge on any atom is 0.119 e. The van der Waals surface area contributed by atoms with Crippen molar-refractivity contribution in [3.05, 3.63) is 64.2 Å². The molecular formula is C25H29ClO5. The van der Waals surface area contributed by atoms with Gasteiger partial charge in [0.15, 0.2) is 0 Å². The molecule has 5 nitrogen and oxygen atoms in total. The number of terminal acetylenes is 1. The summed E-state index contributed by atoms with van der Waals surface area (Å²) in [4.78, 5) is 0. The van der Waals surface area contributed by atoms with E-state index in [0.717, 1.165) is 22.4 Å². The highest BCUT2D eigenvalue weighted by atomic mass is 35.5. The maximum atomic E-state index is 10.1. The Morgan fingerprint density at radius 3 is 2.71 bits per heavy atom. The van der Waals surface area contributed by atoms with Crippen LogP contribution < -0.4 is 4.74 Å². The minimum atomic E-state index is -0.484. The Kier molecular flexibility index (Phi) is 8.77. The van der Waals surface area contributed by atoms with Crippen molar-refractivity contribution < 1.29 is 24.4 Å². The van der Waals surface area contributed by atoms with E-state index in [1.807, 2.05) is 49.4 Å². The van der Waals surface area contributed by atoms with Gasteiger partial charge in [0, 0.05) is 17.9 Å². The average molecular weight is 445 g/mol. The highest BCUT2D eigenvalue weighted by Crippen LogP contribution is 2.33. The van der Waals surface area contributed by atoms with Gasteiger partial charge in [-0.2, -0.15) is 0 Å². The van der Waals surface area contributed by atoms with Gasteiger partial charge in [0.1, 0.15) is 18.5 Å². The Bertz CT molecular complexity index is 876. The van der Waals surface area contributed by atoms with Crippen LogP contribution >= 0.6 is 11.6 Å². The molecule has 0 amide bonds. The van der Waals surface area contributed by atoms with Crippen LogP contribution in [0.3, 0.4) is 0 Å². The fourth-order valence-electron chi connectivity index (χ4n) is 3.71. The van der Waals surface area contributed by atoms with Crippen LogP contribution in [0.2, 0.25) is 5.02 Å². The predicted octanol–water partition coefficient (Wildman–Crippen LogP) is 3.92. The van der Waals surface area contributed by atoms with Crippen LogP contribution in [0, 0.1) is 12.3 Å². The van der Waals surface area contributed by atoms with E-state index in [0.29, 0.717) is 30.9 Å². The van der Waals surface area contributed by atoms with Gasteiger partial charge in [-0.3, -0.25) is 0 Å². The molecule has 0 bridgehead atoms. The summed E-state index contributed by atoms with van der Waals surface area (Å²) in [7, 11) is 0. The van der Waals surface area contributed by atoms with Gasteiger partial charge >= 0.3 is 0 Å². The molecule has 3 rings (SSSR count). The second-order valence-corrected chi connectivity index (χ2v) is 8.28. The lowest BCUT2D eigenvalue weighted by atomic mass is 9.94. The van der Waals surface area contributed by atoms with E-state index < -0.39 is 6.10 Å². The molecule has 0 saturated carbocycles. The van der Waals surface area contributed by atoms with Crippen molar-refractivity contribution >= 4 is 11.6 Å². The number of hydrogen-bond acceptors (Lipinski definition) is 5. The highest BCUT2D eigenvalue weighted by molar-refractivity contribution is 6.31. The smallest absolute Gasteiger partial charge is 0.119 e. The molecule has 0 radical (unpaired) electrons. The van der Waals surface area contributed by atoms with Crippen LogP contribution in [-0.2, 0) is 15.9 Å². The number of ether oxygens (including phenoxy) is 3. The second-order valence-electron chi connectivity index (χ2n) is 7.87. The number of halogens is 1. The van der Waals surface area contributed by atoms with Crippen molar-refractivity contribution in [1.82, 2.24) is 0 Å². The van der Waals surface area contributed by atoms with Crippen molar-refractivity contribution in [3.63, 3.8) is 0 Å². The minimum Gasteiger partial charge on any atom is -0.488 e. The van der Waals surface area contributed by atoms with E-state index in [2.05, 4.69) is 5.92 Å². The van der Waals surface area contributed by atoms with Crippen LogP contribution in [0.15, 0.2) is 42.5 Å². The first kappa shape index (κ1) is 23.6. The molecule has 1 heterocycles. The van der Waals surface area contributed by atoms with Gasteiger partial charge in [0.05, 0.1) is 31.5 Å². The molecule has 4 unspecified atom stereocenters. The van der Waals surface area contributed by atoms with Crippen LogP contribution in [0.5, 0.6) is 5.75 Å². The summed E-state index contributed by atoms with van der Waals surface area (Å²) >= 11 is 6.45. The zero-order chi connectivity index (χ0) is 22.2. The van der Waals surface area contributed by atoms with Gasteiger partial charge in [-0.25, -0.2) is 0 Å². The Hall–Kier alpha value is -2.07. The molecule has 2 aromatic rings. The van der Waals surface area contributed by atoms with Crippen LogP contribution in [0.25, 0.3) is 0 Å². The molecule has 1 aliphatic heterocycles. The van der Waals surface area contributed by atoms with Gasteiger partial charge in [-0.05, 0) is 48.2 Å². The summed E-state index contributed by atoms with van der Waals surface area (Å²) in [5, 5.41) is 20.2. The van der Waals surface area contributed by atoms with E-state index in [4.69, 9.17) is 32.2 Å². The van der Waals surface area contributed by atoms with Crippen molar-refractivity contribution in [2.75, 3.05) is 19.8 Å². The summed E-state index contributed by atoms with van der Waals surface area (Å²) in [5.41, 5.74) is 3.03. The first-order valence-electron chi connectivity index (χ1n) is 10.5. The van der Waals surface area contributed by atoms with Crippen LogP contribution in [0.4, 0.5) is 0 Å². The Labute approximate surface area is 188 Å². The molecule has 4 atom stereocenters. The lowest BCUT2D eigenvalue weighted by molar-refractivity contribution is -0.113. The molecule has 0 spiro atoms. The van der Waals surface area contributed by atoms with E-state index >= 15 is 0 Å². The summed E-state index contributed by atoms with van der Waals surface area (Å²) < 4.78 is 17.1. The number of aliphatic hydroxyl groups is 2. The third-order valence-electron chi connectivity index (χ3n) is 5.22. The molecule has 6 heteroatoms. The highest BCUT2D eigenvalue weighted by Gasteiger charge is 2.29. The molecule has 1 saturated heterocycles. The number of aliphatic hydroxyl groups excluding tert-OH is 2. The lowest BCUT2D eigenvalue weighted by Gasteiger charge is -2.32.